The first-order valence-electron chi connectivity index (χ1n) is 24.1. The van der Waals surface area contributed by atoms with Crippen LogP contribution in [0.3, 0.4) is 0 Å². The van der Waals surface area contributed by atoms with Gasteiger partial charge in [-0.15, -0.1) is 40.0 Å². The van der Waals surface area contributed by atoms with Crippen molar-refractivity contribution in [3.8, 4) is 34.5 Å². The zero-order chi connectivity index (χ0) is 53.0. The Morgan fingerprint density at radius 2 is 0.918 bits per heavy atom. The Morgan fingerprint density at radius 1 is 0.534 bits per heavy atom. The highest BCUT2D eigenvalue weighted by Crippen LogP contribution is 2.43. The van der Waals surface area contributed by atoms with Gasteiger partial charge < -0.3 is 54.8 Å². The van der Waals surface area contributed by atoms with Crippen molar-refractivity contribution < 1.29 is 52.3 Å². The number of methoxy groups -OCH3 is 6. The number of ether oxygens (including phenoxy) is 7. The van der Waals surface area contributed by atoms with Gasteiger partial charge in [-0.1, -0.05) is 36.4 Å². The van der Waals surface area contributed by atoms with Gasteiger partial charge in [-0.05, 0) is 118 Å². The average molecular weight is 1050 g/mol. The van der Waals surface area contributed by atoms with Gasteiger partial charge in [0.1, 0.15) is 10.0 Å². The van der Waals surface area contributed by atoms with E-state index in [-0.39, 0.29) is 38.5 Å². The van der Waals surface area contributed by atoms with Gasteiger partial charge in [-0.2, -0.15) is 0 Å². The Morgan fingerprint density at radius 3 is 1.29 bits per heavy atom. The van der Waals surface area contributed by atoms with Crippen LogP contribution in [0.4, 0.5) is 21.4 Å². The molecular formula is C55H67AlN4O11S2. The van der Waals surface area contributed by atoms with Crippen LogP contribution < -0.4 is 50.1 Å². The molecule has 0 bridgehead atoms. The number of esters is 1. The van der Waals surface area contributed by atoms with Crippen LogP contribution in [0.5, 0.6) is 34.5 Å². The van der Waals surface area contributed by atoms with Crippen molar-refractivity contribution in [2.45, 2.75) is 75.6 Å². The quantitative estimate of drug-likeness (QED) is 0.0459. The number of carbonyl (C=O) groups excluding carboxylic acids is 4. The zero-order valence-electron chi connectivity index (χ0n) is 43.4. The maximum absolute atomic E-state index is 13.3. The summed E-state index contributed by atoms with van der Waals surface area (Å²) in [6.07, 6.45) is 7.66. The standard InChI is InChI=1S/C25H26N2O5S.C21H25NO6S.C6H7N.3CH3.Al/c1-30-18-13-15(14-19(31-2)22(18)32-3)23(28)27-25-21(17-11-7-8-12-20(17)33-25)24(29)26-16-9-5-4-6-10-16;1-5-28-21(24)17-13-8-6-7-9-16(13)29-20(17)22-19(23)12-10-14(25-2)18(27-4)15(11-12)26-3;7-6-4-2-1-3-5-6;;;;/h4-6,9-10,13-14H,7-8,11-12H2,1-3H3,(H,26,29)(H,27,28);10-11H,5-9H2,1-4H3,(H,22,23);1-5H,7H2;3*1H3;. The predicted octanol–water partition coefficient (Wildman–Crippen LogP) is 11.9. The minimum atomic E-state index is -0.396. The summed E-state index contributed by atoms with van der Waals surface area (Å²) in [5.41, 5.74) is 10.6. The monoisotopic (exact) mass is 1050 g/mol. The molecule has 0 aliphatic heterocycles. The number of fused-ring (bicyclic) bond motifs is 2. The number of aryl methyl sites for hydroxylation is 2. The Balaban J connectivity index is 0.000000225. The normalized spacial score (nSPS) is 11.9. The maximum atomic E-state index is 13.3. The first-order chi connectivity index (χ1) is 35.2. The molecule has 0 spiro atoms. The van der Waals surface area contributed by atoms with E-state index in [9.17, 15) is 19.2 Å². The molecule has 15 nitrogen and oxygen atoms in total. The minimum absolute atomic E-state index is 0.139. The molecule has 2 heterocycles. The number of rotatable bonds is 14. The SMILES string of the molecule is CCOC(=O)c1c(NC(=O)c2cc(OC)c(OC)c(OC)c2)sc2c1CCCC2.COc1cc(C(=O)Nc2sc3c(c2C(=O)Nc2ccccc2)CCCC3)cc(OC)c1OC.Nc1ccccc1.[CH3][Al]([CH3])[CH3]. The summed E-state index contributed by atoms with van der Waals surface area (Å²) in [5, 5.41) is 9.88. The van der Waals surface area contributed by atoms with Crippen LogP contribution in [0.25, 0.3) is 0 Å². The van der Waals surface area contributed by atoms with Crippen LogP contribution in [-0.2, 0) is 30.4 Å². The molecule has 0 atom stereocenters. The molecule has 388 valence electrons. The van der Waals surface area contributed by atoms with Crippen molar-refractivity contribution in [1.29, 1.82) is 0 Å². The Labute approximate surface area is 441 Å². The summed E-state index contributed by atoms with van der Waals surface area (Å²) in [7, 11) is 8.99. The van der Waals surface area contributed by atoms with Crippen LogP contribution in [0.1, 0.15) is 94.9 Å². The lowest BCUT2D eigenvalue weighted by atomic mass is 9.95. The van der Waals surface area contributed by atoms with E-state index in [2.05, 4.69) is 33.3 Å². The average Bonchev–Trinajstić information content (AvgIpc) is 3.96. The number of nitrogens with two attached hydrogens (primary N) is 1. The smallest absolute Gasteiger partial charge is 0.341 e. The van der Waals surface area contributed by atoms with Crippen LogP contribution in [0.2, 0.25) is 17.4 Å². The van der Waals surface area contributed by atoms with Gasteiger partial charge in [0, 0.05) is 32.3 Å². The lowest BCUT2D eigenvalue weighted by molar-refractivity contribution is 0.0526. The fourth-order valence-electron chi connectivity index (χ4n) is 7.91. The Hall–Kier alpha value is -6.71. The lowest BCUT2D eigenvalue weighted by Gasteiger charge is -2.15. The van der Waals surface area contributed by atoms with Crippen LogP contribution >= 0.6 is 22.7 Å². The number of nitrogens with one attached hydrogen (secondary N) is 3. The summed E-state index contributed by atoms with van der Waals surface area (Å²) < 4.78 is 37.3. The molecule has 2 aliphatic carbocycles. The number of para-hydroxylation sites is 2. The van der Waals surface area contributed by atoms with E-state index < -0.39 is 5.97 Å². The summed E-state index contributed by atoms with van der Waals surface area (Å²) >= 11 is 2.78. The van der Waals surface area contributed by atoms with Gasteiger partial charge >= 0.3 is 5.97 Å². The zero-order valence-corrected chi connectivity index (χ0v) is 46.2. The number of anilines is 4. The number of hydrogen-bond acceptors (Lipinski definition) is 14. The summed E-state index contributed by atoms with van der Waals surface area (Å²) in [4.78, 5) is 54.3. The fraction of sp³-hybridized carbons (Fsp3) is 0.345. The Bertz CT molecular complexity index is 2750. The van der Waals surface area contributed by atoms with Crippen molar-refractivity contribution in [1.82, 2.24) is 0 Å². The van der Waals surface area contributed by atoms with E-state index in [0.29, 0.717) is 72.4 Å². The van der Waals surface area contributed by atoms with Crippen LogP contribution in [0, 0.1) is 0 Å². The third kappa shape index (κ3) is 15.4. The molecule has 0 radical (unpaired) electrons. The third-order valence-corrected chi connectivity index (χ3v) is 13.6. The molecule has 2 aliphatic rings. The highest BCUT2D eigenvalue weighted by atomic mass is 32.1. The molecule has 8 rings (SSSR count). The summed E-state index contributed by atoms with van der Waals surface area (Å²) in [6.45, 7) is 2.05. The molecule has 0 saturated heterocycles. The highest BCUT2D eigenvalue weighted by Gasteiger charge is 2.30. The Kier molecular flexibility index (Phi) is 22.3. The van der Waals surface area contributed by atoms with Crippen molar-refractivity contribution in [2.24, 2.45) is 0 Å². The van der Waals surface area contributed by atoms with Crippen molar-refractivity contribution >= 4 is 81.9 Å². The minimum Gasteiger partial charge on any atom is -0.493 e. The molecule has 0 saturated carbocycles. The number of benzene rings is 4. The molecule has 18 heteroatoms. The van der Waals surface area contributed by atoms with Gasteiger partial charge in [-0.25, -0.2) is 4.79 Å². The largest absolute Gasteiger partial charge is 0.493 e. The van der Waals surface area contributed by atoms with Crippen molar-refractivity contribution in [3.05, 3.63) is 128 Å². The fourth-order valence-corrected chi connectivity index (χ4v) is 10.5. The van der Waals surface area contributed by atoms with Gasteiger partial charge in [0.2, 0.25) is 11.5 Å². The van der Waals surface area contributed by atoms with E-state index in [1.807, 2.05) is 60.7 Å². The van der Waals surface area contributed by atoms with Crippen LogP contribution in [-0.4, -0.2) is 87.1 Å². The van der Waals surface area contributed by atoms with E-state index in [0.717, 1.165) is 77.9 Å². The van der Waals surface area contributed by atoms with Crippen molar-refractivity contribution in [2.75, 3.05) is 70.9 Å². The second-order valence-electron chi connectivity index (χ2n) is 17.2. The van der Waals surface area contributed by atoms with E-state index >= 15 is 0 Å². The lowest BCUT2D eigenvalue weighted by Crippen LogP contribution is -2.18. The van der Waals surface area contributed by atoms with E-state index in [1.165, 1.54) is 65.3 Å². The topological polar surface area (TPSA) is 195 Å². The predicted molar refractivity (Wildman–Crippen MR) is 295 cm³/mol. The molecule has 4 aromatic carbocycles. The second kappa shape index (κ2) is 28.5. The molecule has 3 amide bonds. The maximum Gasteiger partial charge on any atom is 0.341 e. The van der Waals surface area contributed by atoms with E-state index in [1.54, 1.807) is 31.2 Å². The second-order valence-corrected chi connectivity index (χ2v) is 22.9. The molecule has 0 unspecified atom stereocenters. The highest BCUT2D eigenvalue weighted by molar-refractivity contribution is 7.17. The van der Waals surface area contributed by atoms with Crippen molar-refractivity contribution in [3.63, 3.8) is 0 Å². The van der Waals surface area contributed by atoms with Gasteiger partial charge in [0.25, 0.3) is 31.9 Å². The summed E-state index contributed by atoms with van der Waals surface area (Å²) in [5.74, 6) is 7.92. The number of amides is 3. The first kappa shape index (κ1) is 57.2. The number of hydrogen-bond donors (Lipinski definition) is 4. The third-order valence-electron chi connectivity index (χ3n) is 11.2. The van der Waals surface area contributed by atoms with Gasteiger partial charge in [0.05, 0.1) is 60.4 Å². The number of carbonyl (C=O) groups is 4. The van der Waals surface area contributed by atoms with Crippen LogP contribution in [0.15, 0.2) is 84.9 Å². The summed E-state index contributed by atoms with van der Waals surface area (Å²) in [6, 6.07) is 25.1. The molecule has 6 aromatic rings. The number of nitrogen functional groups attached to an aromatic ring is 1. The van der Waals surface area contributed by atoms with Gasteiger partial charge in [0.15, 0.2) is 23.0 Å². The molecular weight excluding hydrogens is 984 g/mol. The molecule has 0 fully saturated rings. The number of thiophene rings is 2. The van der Waals surface area contributed by atoms with E-state index in [4.69, 9.17) is 38.9 Å². The first-order valence-corrected chi connectivity index (χ1v) is 29.2. The van der Waals surface area contributed by atoms with Gasteiger partial charge in [-0.3, -0.25) is 14.4 Å². The molecule has 5 N–H and O–H groups in total. The molecule has 73 heavy (non-hydrogen) atoms. The molecule has 2 aromatic heterocycles.